The van der Waals surface area contributed by atoms with Crippen LogP contribution in [0.25, 0.3) is 10.8 Å². The molecule has 2 N–H and O–H groups in total. The fourth-order valence-electron chi connectivity index (χ4n) is 2.55. The van der Waals surface area contributed by atoms with Crippen LogP contribution in [0, 0.1) is 0 Å². The third-order valence-electron chi connectivity index (χ3n) is 3.80. The van der Waals surface area contributed by atoms with Crippen LogP contribution in [0.15, 0.2) is 60.9 Å². The molecule has 2 aromatic carbocycles. The first-order chi connectivity index (χ1) is 10.2. The van der Waals surface area contributed by atoms with E-state index in [0.29, 0.717) is 0 Å². The van der Waals surface area contributed by atoms with Crippen molar-refractivity contribution in [1.82, 2.24) is 4.98 Å². The van der Waals surface area contributed by atoms with Crippen LogP contribution in [0.1, 0.15) is 17.2 Å². The standard InChI is InChI=1S/C18H19N3/c1-21(2)15-9-7-13(8-10-15)18(19)17-12-20-11-14-5-3-4-6-16(14)17/h3-12,18H,19H2,1-2H3. The second-order valence-corrected chi connectivity index (χ2v) is 5.41. The van der Waals surface area contributed by atoms with Crippen LogP contribution in [0.3, 0.4) is 0 Å². The SMILES string of the molecule is CN(C)c1ccc(C(N)c2cncc3ccccc23)cc1. The van der Waals surface area contributed by atoms with E-state index < -0.39 is 0 Å². The minimum absolute atomic E-state index is 0.167. The van der Waals surface area contributed by atoms with Gasteiger partial charge in [-0.25, -0.2) is 0 Å². The number of anilines is 1. The van der Waals surface area contributed by atoms with Gasteiger partial charge in [0.15, 0.2) is 0 Å². The Bertz CT molecular complexity index is 743. The van der Waals surface area contributed by atoms with Gasteiger partial charge in [0.25, 0.3) is 0 Å². The molecule has 1 aromatic heterocycles. The van der Waals surface area contributed by atoms with Gasteiger partial charge < -0.3 is 10.6 Å². The number of nitrogens with two attached hydrogens (primary N) is 1. The molecule has 0 saturated carbocycles. The van der Waals surface area contributed by atoms with Crippen molar-refractivity contribution >= 4 is 16.5 Å². The summed E-state index contributed by atoms with van der Waals surface area (Å²) in [5, 5.41) is 2.28. The van der Waals surface area contributed by atoms with Crippen LogP contribution in [-0.4, -0.2) is 19.1 Å². The van der Waals surface area contributed by atoms with Gasteiger partial charge in [-0.2, -0.15) is 0 Å². The Labute approximate surface area is 125 Å². The highest BCUT2D eigenvalue weighted by atomic mass is 15.1. The Morgan fingerprint density at radius 2 is 1.67 bits per heavy atom. The molecule has 106 valence electrons. The van der Waals surface area contributed by atoms with E-state index in [1.54, 1.807) is 0 Å². The van der Waals surface area contributed by atoms with Gasteiger partial charge in [0, 0.05) is 37.6 Å². The van der Waals surface area contributed by atoms with E-state index in [9.17, 15) is 0 Å². The minimum atomic E-state index is -0.167. The van der Waals surface area contributed by atoms with Gasteiger partial charge in [0.1, 0.15) is 0 Å². The lowest BCUT2D eigenvalue weighted by Gasteiger charge is -2.17. The summed E-state index contributed by atoms with van der Waals surface area (Å²) in [4.78, 5) is 6.40. The lowest BCUT2D eigenvalue weighted by Crippen LogP contribution is -2.13. The predicted octanol–water partition coefficient (Wildman–Crippen LogP) is 3.35. The summed E-state index contributed by atoms with van der Waals surface area (Å²) < 4.78 is 0. The molecule has 3 rings (SSSR count). The Hall–Kier alpha value is -2.39. The lowest BCUT2D eigenvalue weighted by atomic mass is 9.96. The van der Waals surface area contributed by atoms with Gasteiger partial charge >= 0.3 is 0 Å². The topological polar surface area (TPSA) is 42.1 Å². The number of nitrogens with zero attached hydrogens (tertiary/aromatic N) is 2. The number of aromatic nitrogens is 1. The number of rotatable bonds is 3. The highest BCUT2D eigenvalue weighted by Gasteiger charge is 2.12. The van der Waals surface area contributed by atoms with Crippen LogP contribution < -0.4 is 10.6 Å². The summed E-state index contributed by atoms with van der Waals surface area (Å²) in [6.45, 7) is 0. The molecule has 0 spiro atoms. The molecular weight excluding hydrogens is 258 g/mol. The lowest BCUT2D eigenvalue weighted by molar-refractivity contribution is 0.873. The van der Waals surface area contributed by atoms with Crippen LogP contribution in [-0.2, 0) is 0 Å². The molecule has 0 aliphatic heterocycles. The van der Waals surface area contributed by atoms with Crippen molar-refractivity contribution in [3.8, 4) is 0 Å². The molecule has 1 unspecified atom stereocenters. The second kappa shape index (κ2) is 5.54. The van der Waals surface area contributed by atoms with Crippen molar-refractivity contribution in [2.24, 2.45) is 5.73 Å². The fourth-order valence-corrected chi connectivity index (χ4v) is 2.55. The molecule has 3 heteroatoms. The van der Waals surface area contributed by atoms with Crippen molar-refractivity contribution in [3.05, 3.63) is 72.1 Å². The molecule has 3 nitrogen and oxygen atoms in total. The van der Waals surface area contributed by atoms with E-state index in [4.69, 9.17) is 5.73 Å². The summed E-state index contributed by atoms with van der Waals surface area (Å²) in [6.07, 6.45) is 3.74. The molecule has 0 aliphatic carbocycles. The smallest absolute Gasteiger partial charge is 0.0573 e. The number of pyridine rings is 1. The van der Waals surface area contributed by atoms with E-state index >= 15 is 0 Å². The first kappa shape index (κ1) is 13.6. The molecule has 0 saturated heterocycles. The number of fused-ring (bicyclic) bond motifs is 1. The molecule has 21 heavy (non-hydrogen) atoms. The summed E-state index contributed by atoms with van der Waals surface area (Å²) in [6, 6.07) is 16.4. The Balaban J connectivity index is 2.02. The second-order valence-electron chi connectivity index (χ2n) is 5.41. The van der Waals surface area contributed by atoms with Gasteiger partial charge in [-0.05, 0) is 28.6 Å². The first-order valence-corrected chi connectivity index (χ1v) is 7.02. The quantitative estimate of drug-likeness (QED) is 0.798. The average molecular weight is 277 g/mol. The Morgan fingerprint density at radius 1 is 0.952 bits per heavy atom. The zero-order chi connectivity index (χ0) is 14.8. The molecule has 3 aromatic rings. The van der Waals surface area contributed by atoms with Crippen LogP contribution >= 0.6 is 0 Å². The Morgan fingerprint density at radius 3 is 2.38 bits per heavy atom. The first-order valence-electron chi connectivity index (χ1n) is 7.02. The van der Waals surface area contributed by atoms with E-state index in [0.717, 1.165) is 21.9 Å². The van der Waals surface area contributed by atoms with Crippen LogP contribution in [0.4, 0.5) is 5.69 Å². The molecular formula is C18H19N3. The molecule has 1 heterocycles. The van der Waals surface area contributed by atoms with E-state index in [-0.39, 0.29) is 6.04 Å². The zero-order valence-corrected chi connectivity index (χ0v) is 12.3. The monoisotopic (exact) mass is 277 g/mol. The Kier molecular flexibility index (Phi) is 3.59. The molecule has 0 amide bonds. The highest BCUT2D eigenvalue weighted by molar-refractivity contribution is 5.85. The zero-order valence-electron chi connectivity index (χ0n) is 12.3. The predicted molar refractivity (Wildman–Crippen MR) is 88.5 cm³/mol. The van der Waals surface area contributed by atoms with Crippen LogP contribution in [0.2, 0.25) is 0 Å². The number of benzene rings is 2. The average Bonchev–Trinajstić information content (AvgIpc) is 2.53. The number of hydrogen-bond donors (Lipinski definition) is 1. The largest absolute Gasteiger partial charge is 0.378 e. The van der Waals surface area contributed by atoms with Gasteiger partial charge in [0.2, 0.25) is 0 Å². The van der Waals surface area contributed by atoms with E-state index in [1.165, 1.54) is 5.69 Å². The normalized spacial score (nSPS) is 12.3. The minimum Gasteiger partial charge on any atom is -0.378 e. The maximum atomic E-state index is 6.45. The van der Waals surface area contributed by atoms with Crippen molar-refractivity contribution in [1.29, 1.82) is 0 Å². The van der Waals surface area contributed by atoms with Crippen molar-refractivity contribution in [3.63, 3.8) is 0 Å². The van der Waals surface area contributed by atoms with Crippen molar-refractivity contribution < 1.29 is 0 Å². The molecule has 0 fully saturated rings. The van der Waals surface area contributed by atoms with Gasteiger partial charge in [-0.3, -0.25) is 4.98 Å². The summed E-state index contributed by atoms with van der Waals surface area (Å²) >= 11 is 0. The van der Waals surface area contributed by atoms with Crippen molar-refractivity contribution in [2.45, 2.75) is 6.04 Å². The van der Waals surface area contributed by atoms with Crippen molar-refractivity contribution in [2.75, 3.05) is 19.0 Å². The third kappa shape index (κ3) is 2.60. The fraction of sp³-hybridized carbons (Fsp3) is 0.167. The maximum Gasteiger partial charge on any atom is 0.0573 e. The van der Waals surface area contributed by atoms with Gasteiger partial charge in [-0.1, -0.05) is 36.4 Å². The maximum absolute atomic E-state index is 6.45. The number of hydrogen-bond acceptors (Lipinski definition) is 3. The molecule has 0 bridgehead atoms. The van der Waals surface area contributed by atoms with Gasteiger partial charge in [0.05, 0.1) is 6.04 Å². The van der Waals surface area contributed by atoms with E-state index in [1.807, 2.05) is 38.6 Å². The van der Waals surface area contributed by atoms with Gasteiger partial charge in [-0.15, -0.1) is 0 Å². The highest BCUT2D eigenvalue weighted by Crippen LogP contribution is 2.27. The summed E-state index contributed by atoms with van der Waals surface area (Å²) in [5.74, 6) is 0. The molecule has 0 aliphatic rings. The molecule has 0 radical (unpaired) electrons. The third-order valence-corrected chi connectivity index (χ3v) is 3.80. The van der Waals surface area contributed by atoms with Crippen LogP contribution in [0.5, 0.6) is 0 Å². The summed E-state index contributed by atoms with van der Waals surface area (Å²) in [5.41, 5.74) is 9.78. The molecule has 1 atom stereocenters. The summed E-state index contributed by atoms with van der Waals surface area (Å²) in [7, 11) is 4.06. The van der Waals surface area contributed by atoms with E-state index in [2.05, 4.69) is 46.3 Å².